The van der Waals surface area contributed by atoms with Gasteiger partial charge < -0.3 is 19.4 Å². The first-order valence-corrected chi connectivity index (χ1v) is 6.98. The molecule has 1 aromatic carbocycles. The molecular formula is C15H16FN3O3. The molecule has 0 spiro atoms. The van der Waals surface area contributed by atoms with Gasteiger partial charge in [-0.2, -0.15) is 0 Å². The van der Waals surface area contributed by atoms with Gasteiger partial charge in [0.25, 0.3) is 0 Å². The van der Waals surface area contributed by atoms with Gasteiger partial charge in [-0.25, -0.2) is 9.18 Å². The molecular weight excluding hydrogens is 289 g/mol. The van der Waals surface area contributed by atoms with E-state index in [1.54, 1.807) is 12.1 Å². The van der Waals surface area contributed by atoms with Crippen LogP contribution in [0.2, 0.25) is 0 Å². The minimum Gasteiger partial charge on any atom is -0.476 e. The summed E-state index contributed by atoms with van der Waals surface area (Å²) < 4.78 is 19.3. The predicted molar refractivity (Wildman–Crippen MR) is 78.6 cm³/mol. The molecule has 3 rings (SSSR count). The molecule has 1 aliphatic heterocycles. The summed E-state index contributed by atoms with van der Waals surface area (Å²) in [6.45, 7) is 3.34. The number of benzene rings is 1. The lowest BCUT2D eigenvalue weighted by Gasteiger charge is -2.34. The van der Waals surface area contributed by atoms with Crippen molar-refractivity contribution in [1.29, 1.82) is 0 Å². The summed E-state index contributed by atoms with van der Waals surface area (Å²) in [5.41, 5.74) is 0.823. The van der Waals surface area contributed by atoms with Crippen LogP contribution in [0, 0.1) is 5.82 Å². The molecule has 0 saturated carbocycles. The summed E-state index contributed by atoms with van der Waals surface area (Å²) in [5, 5.41) is 12.3. The van der Waals surface area contributed by atoms with Crippen LogP contribution in [0.15, 0.2) is 28.8 Å². The lowest BCUT2D eigenvalue weighted by molar-refractivity contribution is 0.0686. The highest BCUT2D eigenvalue weighted by Crippen LogP contribution is 2.27. The van der Waals surface area contributed by atoms with Crippen molar-refractivity contribution in [2.45, 2.75) is 0 Å². The van der Waals surface area contributed by atoms with Crippen LogP contribution in [0.1, 0.15) is 10.5 Å². The Morgan fingerprint density at radius 2 is 2.00 bits per heavy atom. The largest absolute Gasteiger partial charge is 0.476 e. The summed E-state index contributed by atoms with van der Waals surface area (Å²) >= 11 is 0. The zero-order valence-electron chi connectivity index (χ0n) is 12.1. The number of likely N-dealkylation sites (N-methyl/N-ethyl adjacent to an activating group) is 1. The van der Waals surface area contributed by atoms with Crippen molar-refractivity contribution in [1.82, 2.24) is 10.1 Å². The van der Waals surface area contributed by atoms with E-state index in [1.807, 2.05) is 11.9 Å². The number of carboxylic acids is 1. The number of aromatic nitrogens is 1. The van der Waals surface area contributed by atoms with Crippen LogP contribution in [0.4, 0.5) is 10.1 Å². The number of carboxylic acid groups (broad SMARTS) is 1. The molecule has 0 atom stereocenters. The lowest BCUT2D eigenvalue weighted by atomic mass is 10.1. The Hall–Kier alpha value is -2.41. The van der Waals surface area contributed by atoms with Gasteiger partial charge in [-0.05, 0) is 25.2 Å². The van der Waals surface area contributed by atoms with Crippen LogP contribution >= 0.6 is 0 Å². The number of carbonyl (C=O) groups is 1. The molecule has 2 heterocycles. The van der Waals surface area contributed by atoms with Crippen molar-refractivity contribution in [2.75, 3.05) is 38.1 Å². The van der Waals surface area contributed by atoms with Gasteiger partial charge in [-0.3, -0.25) is 0 Å². The highest BCUT2D eigenvalue weighted by Gasteiger charge is 2.19. The summed E-state index contributed by atoms with van der Waals surface area (Å²) in [4.78, 5) is 15.0. The van der Waals surface area contributed by atoms with Crippen molar-refractivity contribution in [2.24, 2.45) is 0 Å². The second kappa shape index (κ2) is 5.76. The third-order valence-electron chi connectivity index (χ3n) is 3.81. The summed E-state index contributed by atoms with van der Waals surface area (Å²) in [6.07, 6.45) is 0. The maximum absolute atomic E-state index is 14.3. The van der Waals surface area contributed by atoms with Gasteiger partial charge in [-0.1, -0.05) is 5.16 Å². The van der Waals surface area contributed by atoms with Crippen LogP contribution in [-0.2, 0) is 0 Å². The molecule has 0 radical (unpaired) electrons. The third kappa shape index (κ3) is 2.80. The molecule has 0 amide bonds. The first-order valence-electron chi connectivity index (χ1n) is 6.98. The van der Waals surface area contributed by atoms with Gasteiger partial charge in [0.1, 0.15) is 5.82 Å². The first kappa shape index (κ1) is 14.5. The normalized spacial score (nSPS) is 16.0. The van der Waals surface area contributed by atoms with Crippen LogP contribution in [0.5, 0.6) is 0 Å². The Balaban J connectivity index is 1.83. The van der Waals surface area contributed by atoms with Gasteiger partial charge >= 0.3 is 5.97 Å². The molecule has 1 aliphatic rings. The minimum absolute atomic E-state index is 0.196. The van der Waals surface area contributed by atoms with Crippen molar-refractivity contribution < 1.29 is 18.8 Å². The molecule has 0 aliphatic carbocycles. The quantitative estimate of drug-likeness (QED) is 0.934. The van der Waals surface area contributed by atoms with E-state index in [0.29, 0.717) is 11.3 Å². The van der Waals surface area contributed by atoms with Crippen molar-refractivity contribution in [3.63, 3.8) is 0 Å². The fourth-order valence-corrected chi connectivity index (χ4v) is 2.48. The van der Waals surface area contributed by atoms with Gasteiger partial charge in [-0.15, -0.1) is 0 Å². The molecule has 1 aromatic heterocycles. The van der Waals surface area contributed by atoms with Crippen LogP contribution < -0.4 is 4.90 Å². The summed E-state index contributed by atoms with van der Waals surface area (Å²) in [6, 6.07) is 6.04. The number of aromatic carboxylic acids is 1. The van der Waals surface area contributed by atoms with E-state index in [2.05, 4.69) is 10.1 Å². The zero-order valence-corrected chi connectivity index (χ0v) is 12.1. The predicted octanol–water partition coefficient (Wildman–Crippen LogP) is 1.93. The number of rotatable bonds is 3. The smallest absolute Gasteiger partial charge is 0.358 e. The average molecular weight is 305 g/mol. The van der Waals surface area contributed by atoms with Crippen molar-refractivity contribution >= 4 is 11.7 Å². The lowest BCUT2D eigenvalue weighted by Crippen LogP contribution is -2.44. The second-order valence-corrected chi connectivity index (χ2v) is 5.34. The molecule has 1 N–H and O–H groups in total. The molecule has 2 aromatic rings. The van der Waals surface area contributed by atoms with E-state index in [-0.39, 0.29) is 17.3 Å². The van der Waals surface area contributed by atoms with E-state index < -0.39 is 5.97 Å². The maximum Gasteiger partial charge on any atom is 0.358 e. The van der Waals surface area contributed by atoms with Crippen LogP contribution in [-0.4, -0.2) is 54.4 Å². The number of anilines is 1. The van der Waals surface area contributed by atoms with Crippen molar-refractivity contribution in [3.05, 3.63) is 35.8 Å². The molecule has 116 valence electrons. The summed E-state index contributed by atoms with van der Waals surface area (Å²) in [7, 11) is 2.04. The molecule has 0 bridgehead atoms. The van der Waals surface area contributed by atoms with Crippen LogP contribution in [0.3, 0.4) is 0 Å². The zero-order chi connectivity index (χ0) is 15.7. The number of hydrogen-bond donors (Lipinski definition) is 1. The second-order valence-electron chi connectivity index (χ2n) is 5.34. The van der Waals surface area contributed by atoms with E-state index in [9.17, 15) is 9.18 Å². The highest BCUT2D eigenvalue weighted by atomic mass is 19.1. The Morgan fingerprint density at radius 1 is 1.27 bits per heavy atom. The Morgan fingerprint density at radius 3 is 2.59 bits per heavy atom. The fourth-order valence-electron chi connectivity index (χ4n) is 2.48. The SMILES string of the molecule is CN1CCN(c2ccc(-c3cc(C(=O)O)no3)cc2F)CC1. The van der Waals surface area contributed by atoms with Crippen LogP contribution in [0.25, 0.3) is 11.3 Å². The maximum atomic E-state index is 14.3. The van der Waals surface area contributed by atoms with E-state index in [1.165, 1.54) is 12.1 Å². The van der Waals surface area contributed by atoms with Gasteiger partial charge in [0.05, 0.1) is 5.69 Å². The Bertz CT molecular complexity index is 693. The minimum atomic E-state index is -1.18. The Labute approximate surface area is 126 Å². The summed E-state index contributed by atoms with van der Waals surface area (Å²) in [5.74, 6) is -1.29. The molecule has 1 fully saturated rings. The van der Waals surface area contributed by atoms with Gasteiger partial charge in [0.2, 0.25) is 0 Å². The number of hydrogen-bond acceptors (Lipinski definition) is 5. The molecule has 1 saturated heterocycles. The Kier molecular flexibility index (Phi) is 3.81. The number of halogens is 1. The average Bonchev–Trinajstić information content (AvgIpc) is 2.98. The van der Waals surface area contributed by atoms with E-state index in [4.69, 9.17) is 9.63 Å². The molecule has 0 unspecified atom stereocenters. The first-order chi connectivity index (χ1) is 10.5. The van der Waals surface area contributed by atoms with Gasteiger partial charge in [0.15, 0.2) is 11.5 Å². The fraction of sp³-hybridized carbons (Fsp3) is 0.333. The van der Waals surface area contributed by atoms with Crippen molar-refractivity contribution in [3.8, 4) is 11.3 Å². The molecule has 22 heavy (non-hydrogen) atoms. The monoisotopic (exact) mass is 305 g/mol. The highest BCUT2D eigenvalue weighted by molar-refractivity contribution is 5.86. The number of piperazine rings is 1. The third-order valence-corrected chi connectivity index (χ3v) is 3.81. The molecule has 6 nitrogen and oxygen atoms in total. The van der Waals surface area contributed by atoms with E-state index in [0.717, 1.165) is 26.2 Å². The molecule has 7 heteroatoms. The standard InChI is InChI=1S/C15H16FN3O3/c1-18-4-6-19(7-5-18)13-3-2-10(8-11(13)16)14-9-12(15(20)21)17-22-14/h2-3,8-9H,4-7H2,1H3,(H,20,21). The van der Waals surface area contributed by atoms with E-state index >= 15 is 0 Å². The number of nitrogens with zero attached hydrogens (tertiary/aromatic N) is 3. The van der Waals surface area contributed by atoms with Gasteiger partial charge in [0, 0.05) is 37.8 Å². The topological polar surface area (TPSA) is 69.8 Å².